The van der Waals surface area contributed by atoms with Crippen molar-refractivity contribution in [2.24, 2.45) is 5.73 Å². The van der Waals surface area contributed by atoms with Gasteiger partial charge in [0.1, 0.15) is 0 Å². The van der Waals surface area contributed by atoms with E-state index in [2.05, 4.69) is 47.8 Å². The second-order valence-electron chi connectivity index (χ2n) is 2.54. The summed E-state index contributed by atoms with van der Waals surface area (Å²) in [4.78, 5) is 0. The lowest BCUT2D eigenvalue weighted by molar-refractivity contribution is 0.186. The second-order valence-corrected chi connectivity index (χ2v) is 5.10. The fraction of sp³-hybridized carbons (Fsp3) is 0.250. The van der Waals surface area contributed by atoms with Crippen molar-refractivity contribution >= 4 is 47.8 Å². The van der Waals surface area contributed by atoms with Gasteiger partial charge in [-0.1, -0.05) is 15.9 Å². The molecule has 0 aliphatic carbocycles. The molecule has 1 atom stereocenters. The Hall–Kier alpha value is 0.580. The molecule has 1 aromatic carbocycles. The van der Waals surface area contributed by atoms with Gasteiger partial charge in [0.25, 0.3) is 0 Å². The number of rotatable bonds is 2. The van der Waals surface area contributed by atoms with Gasteiger partial charge >= 0.3 is 0 Å². The van der Waals surface area contributed by atoms with Crippen LogP contribution in [0, 0.1) is 0 Å². The molecular formula is C8H8Br3NO. The van der Waals surface area contributed by atoms with E-state index in [1.807, 2.05) is 12.1 Å². The van der Waals surface area contributed by atoms with Gasteiger partial charge in [-0.15, -0.1) is 0 Å². The van der Waals surface area contributed by atoms with Crippen molar-refractivity contribution in [2.45, 2.75) is 6.10 Å². The SMILES string of the molecule is NCC(O)c1cc(Br)c(Br)cc1Br. The van der Waals surface area contributed by atoms with Crippen LogP contribution in [0.15, 0.2) is 25.6 Å². The highest BCUT2D eigenvalue weighted by atomic mass is 79.9. The van der Waals surface area contributed by atoms with E-state index < -0.39 is 6.10 Å². The minimum Gasteiger partial charge on any atom is -0.387 e. The molecule has 0 bridgehead atoms. The Morgan fingerprint density at radius 1 is 1.15 bits per heavy atom. The summed E-state index contributed by atoms with van der Waals surface area (Å²) in [5.41, 5.74) is 6.15. The lowest BCUT2D eigenvalue weighted by atomic mass is 10.1. The van der Waals surface area contributed by atoms with Gasteiger partial charge in [0, 0.05) is 20.0 Å². The normalized spacial score (nSPS) is 13.0. The molecule has 0 aliphatic heterocycles. The van der Waals surface area contributed by atoms with Crippen LogP contribution in [-0.4, -0.2) is 11.7 Å². The summed E-state index contributed by atoms with van der Waals surface area (Å²) in [6.45, 7) is 0.215. The van der Waals surface area contributed by atoms with Crippen LogP contribution in [-0.2, 0) is 0 Å². The number of nitrogens with two attached hydrogens (primary N) is 1. The first-order valence-electron chi connectivity index (χ1n) is 3.59. The van der Waals surface area contributed by atoms with E-state index in [9.17, 15) is 5.11 Å². The Morgan fingerprint density at radius 3 is 2.23 bits per heavy atom. The molecule has 13 heavy (non-hydrogen) atoms. The summed E-state index contributed by atoms with van der Waals surface area (Å²) < 4.78 is 2.69. The van der Waals surface area contributed by atoms with Crippen LogP contribution in [0.4, 0.5) is 0 Å². The molecule has 0 saturated heterocycles. The smallest absolute Gasteiger partial charge is 0.0923 e. The summed E-state index contributed by atoms with van der Waals surface area (Å²) >= 11 is 10.1. The van der Waals surface area contributed by atoms with Crippen LogP contribution >= 0.6 is 47.8 Å². The number of hydrogen-bond donors (Lipinski definition) is 2. The van der Waals surface area contributed by atoms with Gasteiger partial charge in [0.15, 0.2) is 0 Å². The zero-order valence-corrected chi connectivity index (χ0v) is 11.4. The number of aliphatic hydroxyl groups excluding tert-OH is 1. The predicted octanol–water partition coefficient (Wildman–Crippen LogP) is 2.97. The van der Waals surface area contributed by atoms with Crippen LogP contribution in [0.5, 0.6) is 0 Å². The average Bonchev–Trinajstić information content (AvgIpc) is 2.10. The fourth-order valence-corrected chi connectivity index (χ4v) is 2.54. The molecule has 0 radical (unpaired) electrons. The van der Waals surface area contributed by atoms with Crippen LogP contribution in [0.3, 0.4) is 0 Å². The van der Waals surface area contributed by atoms with Crippen molar-refractivity contribution in [1.29, 1.82) is 0 Å². The molecular weight excluding hydrogens is 366 g/mol. The van der Waals surface area contributed by atoms with Gasteiger partial charge in [0.05, 0.1) is 6.10 Å². The lowest BCUT2D eigenvalue weighted by Crippen LogP contribution is -2.12. The highest BCUT2D eigenvalue weighted by molar-refractivity contribution is 9.13. The monoisotopic (exact) mass is 371 g/mol. The van der Waals surface area contributed by atoms with Gasteiger partial charge in [0.2, 0.25) is 0 Å². The van der Waals surface area contributed by atoms with Crippen molar-refractivity contribution in [3.8, 4) is 0 Å². The van der Waals surface area contributed by atoms with E-state index in [1.165, 1.54) is 0 Å². The van der Waals surface area contributed by atoms with E-state index in [0.29, 0.717) is 0 Å². The second kappa shape index (κ2) is 4.89. The molecule has 0 aromatic heterocycles. The molecule has 72 valence electrons. The third-order valence-electron chi connectivity index (χ3n) is 1.62. The van der Waals surface area contributed by atoms with Gasteiger partial charge < -0.3 is 10.8 Å². The van der Waals surface area contributed by atoms with E-state index in [-0.39, 0.29) is 6.54 Å². The molecule has 0 saturated carbocycles. The van der Waals surface area contributed by atoms with Crippen molar-refractivity contribution < 1.29 is 5.11 Å². The number of hydrogen-bond acceptors (Lipinski definition) is 2. The molecule has 3 N–H and O–H groups in total. The van der Waals surface area contributed by atoms with Crippen molar-refractivity contribution in [2.75, 3.05) is 6.54 Å². The van der Waals surface area contributed by atoms with Crippen LogP contribution < -0.4 is 5.73 Å². The van der Waals surface area contributed by atoms with Gasteiger partial charge in [-0.2, -0.15) is 0 Å². The first-order chi connectivity index (χ1) is 6.06. The fourth-order valence-electron chi connectivity index (χ4n) is 0.920. The molecule has 1 unspecified atom stereocenters. The maximum Gasteiger partial charge on any atom is 0.0923 e. The summed E-state index contributed by atoms with van der Waals surface area (Å²) in [6, 6.07) is 3.71. The minimum atomic E-state index is -0.626. The Labute approximate surface area is 102 Å². The molecule has 1 rings (SSSR count). The Morgan fingerprint density at radius 2 is 1.69 bits per heavy atom. The number of aliphatic hydroxyl groups is 1. The maximum atomic E-state index is 9.53. The van der Waals surface area contributed by atoms with Gasteiger partial charge in [-0.25, -0.2) is 0 Å². The summed E-state index contributed by atoms with van der Waals surface area (Å²) in [7, 11) is 0. The molecule has 2 nitrogen and oxygen atoms in total. The predicted molar refractivity (Wildman–Crippen MR) is 63.6 cm³/mol. The molecule has 0 amide bonds. The molecule has 0 fully saturated rings. The number of benzene rings is 1. The van der Waals surface area contributed by atoms with Crippen molar-refractivity contribution in [3.05, 3.63) is 31.1 Å². The zero-order valence-electron chi connectivity index (χ0n) is 6.60. The molecule has 0 spiro atoms. The topological polar surface area (TPSA) is 46.2 Å². The van der Waals surface area contributed by atoms with Crippen LogP contribution in [0.2, 0.25) is 0 Å². The summed E-state index contributed by atoms with van der Waals surface area (Å²) in [5.74, 6) is 0. The van der Waals surface area contributed by atoms with Crippen LogP contribution in [0.25, 0.3) is 0 Å². The van der Waals surface area contributed by atoms with E-state index >= 15 is 0 Å². The Kier molecular flexibility index (Phi) is 4.38. The first-order valence-corrected chi connectivity index (χ1v) is 5.96. The van der Waals surface area contributed by atoms with Crippen molar-refractivity contribution in [1.82, 2.24) is 0 Å². The highest BCUT2D eigenvalue weighted by Crippen LogP contribution is 2.32. The Bertz CT molecular complexity index is 317. The van der Waals surface area contributed by atoms with E-state index in [0.717, 1.165) is 19.0 Å². The maximum absolute atomic E-state index is 9.53. The largest absolute Gasteiger partial charge is 0.387 e. The van der Waals surface area contributed by atoms with E-state index in [1.54, 1.807) is 0 Å². The first kappa shape index (κ1) is 11.7. The molecule has 0 heterocycles. The van der Waals surface area contributed by atoms with E-state index in [4.69, 9.17) is 5.73 Å². The quantitative estimate of drug-likeness (QED) is 0.783. The average molecular weight is 374 g/mol. The van der Waals surface area contributed by atoms with Crippen molar-refractivity contribution in [3.63, 3.8) is 0 Å². The minimum absolute atomic E-state index is 0.215. The standard InChI is InChI=1S/C8H8Br3NO/c9-5-2-7(11)6(10)1-4(5)8(13)3-12/h1-2,8,13H,3,12H2. The number of halogens is 3. The highest BCUT2D eigenvalue weighted by Gasteiger charge is 2.11. The zero-order chi connectivity index (χ0) is 10.0. The van der Waals surface area contributed by atoms with Crippen LogP contribution in [0.1, 0.15) is 11.7 Å². The molecule has 0 aliphatic rings. The Balaban J connectivity index is 3.15. The van der Waals surface area contributed by atoms with Gasteiger partial charge in [-0.05, 0) is 49.6 Å². The summed E-state index contributed by atoms with van der Waals surface area (Å²) in [5, 5.41) is 9.53. The molecule has 5 heteroatoms. The third kappa shape index (κ3) is 2.76. The third-order valence-corrected chi connectivity index (χ3v) is 4.15. The summed E-state index contributed by atoms with van der Waals surface area (Å²) in [6.07, 6.45) is -0.626. The van der Waals surface area contributed by atoms with Gasteiger partial charge in [-0.3, -0.25) is 0 Å². The lowest BCUT2D eigenvalue weighted by Gasteiger charge is -2.11. The molecule has 1 aromatic rings.